The number of carbonyl (C=O) groups excluding carboxylic acids is 1. The molecule has 0 spiro atoms. The number of sulfonamides is 1. The molecule has 0 aliphatic heterocycles. The number of nitrogens with one attached hydrogen (secondary N) is 2. The van der Waals surface area contributed by atoms with Gasteiger partial charge in [0.05, 0.1) is 10.5 Å². The van der Waals surface area contributed by atoms with Gasteiger partial charge in [-0.15, -0.1) is 0 Å². The van der Waals surface area contributed by atoms with Crippen LogP contribution in [0.2, 0.25) is 0 Å². The van der Waals surface area contributed by atoms with Gasteiger partial charge < -0.3 is 10.1 Å². The number of ether oxygens (including phenoxy) is 1. The molecule has 0 aliphatic rings. The van der Waals surface area contributed by atoms with Crippen LogP contribution in [-0.4, -0.2) is 40.1 Å². The third-order valence-corrected chi connectivity index (χ3v) is 7.31. The van der Waals surface area contributed by atoms with Gasteiger partial charge in [-0.1, -0.05) is 13.0 Å². The lowest BCUT2D eigenvalue weighted by molar-refractivity contribution is -0.385. The average Bonchev–Trinajstić information content (AvgIpc) is 3.19. The first-order valence-corrected chi connectivity index (χ1v) is 13.5. The summed E-state index contributed by atoms with van der Waals surface area (Å²) in [5.74, 6) is -0.450. The summed E-state index contributed by atoms with van der Waals surface area (Å²) in [6, 6.07) is 6.51. The quantitative estimate of drug-likeness (QED) is 0.286. The Labute approximate surface area is 221 Å². The lowest BCUT2D eigenvalue weighted by Crippen LogP contribution is -2.32. The molecule has 12 nitrogen and oxygen atoms in total. The number of nitro groups is 1. The summed E-state index contributed by atoms with van der Waals surface area (Å²) >= 11 is 0. The number of aromatic nitrogens is 3. The average molecular weight is 545 g/mol. The molecule has 0 radical (unpaired) electrons. The van der Waals surface area contributed by atoms with Gasteiger partial charge in [0, 0.05) is 42.7 Å². The SMILES string of the molecule is CCC(C)NS(=O)(=O)c1cc([N+](=O)[O-])ccc1Oc1c(C)c(C(=O)NCc2cccnc2)nn1C(C)(C)C. The van der Waals surface area contributed by atoms with Crippen molar-refractivity contribution in [2.45, 2.75) is 71.0 Å². The van der Waals surface area contributed by atoms with Crippen LogP contribution < -0.4 is 14.8 Å². The second kappa shape index (κ2) is 11.3. The highest BCUT2D eigenvalue weighted by atomic mass is 32.2. The fourth-order valence-corrected chi connectivity index (χ4v) is 4.93. The first-order valence-electron chi connectivity index (χ1n) is 12.0. The molecule has 38 heavy (non-hydrogen) atoms. The molecular formula is C25H32N6O6S. The number of nitrogens with zero attached hydrogens (tertiary/aromatic N) is 4. The van der Waals surface area contributed by atoms with E-state index in [0.717, 1.165) is 17.7 Å². The lowest BCUT2D eigenvalue weighted by atomic mass is 10.1. The van der Waals surface area contributed by atoms with E-state index in [-0.39, 0.29) is 23.9 Å². The number of pyridine rings is 1. The van der Waals surface area contributed by atoms with E-state index in [2.05, 4.69) is 20.1 Å². The van der Waals surface area contributed by atoms with E-state index in [4.69, 9.17) is 4.74 Å². The van der Waals surface area contributed by atoms with E-state index in [0.29, 0.717) is 12.0 Å². The summed E-state index contributed by atoms with van der Waals surface area (Å²) in [6.45, 7) is 10.9. The normalized spacial score (nSPS) is 12.7. The zero-order chi connectivity index (χ0) is 28.3. The van der Waals surface area contributed by atoms with Crippen LogP contribution in [-0.2, 0) is 22.1 Å². The molecule has 0 aliphatic carbocycles. The van der Waals surface area contributed by atoms with Crippen molar-refractivity contribution in [3.8, 4) is 11.6 Å². The molecule has 2 aromatic heterocycles. The Bertz CT molecular complexity index is 1430. The smallest absolute Gasteiger partial charge is 0.272 e. The Kier molecular flexibility index (Phi) is 8.52. The summed E-state index contributed by atoms with van der Waals surface area (Å²) in [7, 11) is -4.18. The number of amides is 1. The molecule has 3 aromatic rings. The van der Waals surface area contributed by atoms with Gasteiger partial charge in [-0.05, 0) is 58.7 Å². The molecule has 0 saturated heterocycles. The Morgan fingerprint density at radius 2 is 1.97 bits per heavy atom. The van der Waals surface area contributed by atoms with Crippen molar-refractivity contribution in [1.29, 1.82) is 0 Å². The van der Waals surface area contributed by atoms with Crippen molar-refractivity contribution in [1.82, 2.24) is 24.8 Å². The van der Waals surface area contributed by atoms with Gasteiger partial charge in [-0.3, -0.25) is 19.9 Å². The highest BCUT2D eigenvalue weighted by Gasteiger charge is 2.31. The van der Waals surface area contributed by atoms with E-state index in [1.807, 2.05) is 33.8 Å². The molecule has 1 amide bonds. The molecule has 0 saturated carbocycles. The maximum absolute atomic E-state index is 13.2. The molecule has 1 atom stereocenters. The van der Waals surface area contributed by atoms with Crippen molar-refractivity contribution in [3.05, 3.63) is 69.7 Å². The van der Waals surface area contributed by atoms with Gasteiger partial charge in [0.25, 0.3) is 11.6 Å². The molecule has 2 heterocycles. The number of hydrogen-bond acceptors (Lipinski definition) is 8. The second-order valence-electron chi connectivity index (χ2n) is 9.83. The molecular weight excluding hydrogens is 512 g/mol. The van der Waals surface area contributed by atoms with Crippen molar-refractivity contribution < 1.29 is 22.9 Å². The van der Waals surface area contributed by atoms with Gasteiger partial charge in [0.15, 0.2) is 5.69 Å². The number of hydrogen-bond donors (Lipinski definition) is 2. The van der Waals surface area contributed by atoms with Crippen LogP contribution >= 0.6 is 0 Å². The Morgan fingerprint density at radius 3 is 2.55 bits per heavy atom. The minimum absolute atomic E-state index is 0.0999. The van der Waals surface area contributed by atoms with Gasteiger partial charge in [-0.25, -0.2) is 17.8 Å². The van der Waals surface area contributed by atoms with Crippen LogP contribution in [0.3, 0.4) is 0 Å². The Morgan fingerprint density at radius 1 is 1.26 bits per heavy atom. The highest BCUT2D eigenvalue weighted by Crippen LogP contribution is 2.36. The summed E-state index contributed by atoms with van der Waals surface area (Å²) in [5.41, 5.74) is 0.220. The van der Waals surface area contributed by atoms with Gasteiger partial charge >= 0.3 is 0 Å². The predicted molar refractivity (Wildman–Crippen MR) is 141 cm³/mol. The van der Waals surface area contributed by atoms with E-state index in [1.165, 1.54) is 10.7 Å². The largest absolute Gasteiger partial charge is 0.438 e. The second-order valence-corrected chi connectivity index (χ2v) is 11.5. The molecule has 0 bridgehead atoms. The van der Waals surface area contributed by atoms with Crippen LogP contribution in [0.4, 0.5) is 5.69 Å². The molecule has 13 heteroatoms. The van der Waals surface area contributed by atoms with Crippen LogP contribution in [0.5, 0.6) is 11.6 Å². The van der Waals surface area contributed by atoms with Crippen LogP contribution in [0, 0.1) is 17.0 Å². The van der Waals surface area contributed by atoms with Crippen LogP contribution in [0.1, 0.15) is 62.7 Å². The number of non-ortho nitro benzene ring substituents is 1. The van der Waals surface area contributed by atoms with Gasteiger partial charge in [0.1, 0.15) is 10.6 Å². The third kappa shape index (κ3) is 6.53. The number of nitro benzene ring substituents is 1. The molecule has 3 rings (SSSR count). The lowest BCUT2D eigenvalue weighted by Gasteiger charge is -2.23. The molecule has 0 fully saturated rings. The topological polar surface area (TPSA) is 158 Å². The maximum Gasteiger partial charge on any atom is 0.272 e. The fourth-order valence-electron chi connectivity index (χ4n) is 3.46. The fraction of sp³-hybridized carbons (Fsp3) is 0.400. The van der Waals surface area contributed by atoms with E-state index in [1.54, 1.807) is 32.3 Å². The first-order chi connectivity index (χ1) is 17.7. The van der Waals surface area contributed by atoms with Crippen LogP contribution in [0.15, 0.2) is 47.6 Å². The summed E-state index contributed by atoms with van der Waals surface area (Å²) in [6.07, 6.45) is 3.78. The number of carbonyl (C=O) groups is 1. The van der Waals surface area contributed by atoms with Crippen LogP contribution in [0.25, 0.3) is 0 Å². The summed E-state index contributed by atoms with van der Waals surface area (Å²) in [4.78, 5) is 27.4. The molecule has 1 unspecified atom stereocenters. The highest BCUT2D eigenvalue weighted by molar-refractivity contribution is 7.89. The minimum atomic E-state index is -4.18. The van der Waals surface area contributed by atoms with E-state index in [9.17, 15) is 23.3 Å². The molecule has 2 N–H and O–H groups in total. The minimum Gasteiger partial charge on any atom is -0.438 e. The predicted octanol–water partition coefficient (Wildman–Crippen LogP) is 4.05. The summed E-state index contributed by atoms with van der Waals surface area (Å²) in [5, 5.41) is 18.7. The Hall–Kier alpha value is -3.84. The van der Waals surface area contributed by atoms with Crippen molar-refractivity contribution in [2.75, 3.05) is 0 Å². The monoisotopic (exact) mass is 544 g/mol. The zero-order valence-electron chi connectivity index (χ0n) is 22.2. The van der Waals surface area contributed by atoms with Crippen molar-refractivity contribution in [3.63, 3.8) is 0 Å². The molecule has 1 aromatic carbocycles. The summed E-state index contributed by atoms with van der Waals surface area (Å²) < 4.78 is 36.5. The molecule has 204 valence electrons. The first kappa shape index (κ1) is 28.7. The standard InChI is InChI=1S/C25H32N6O6S/c1-7-16(2)29-38(35,36)21-13-19(31(33)34)10-11-20(21)37-24-17(3)22(28-30(24)25(4,5)6)23(32)27-15-18-9-8-12-26-14-18/h8-14,16,29H,7,15H2,1-6H3,(H,27,32). The Balaban J connectivity index is 2.06. The number of rotatable bonds is 10. The van der Waals surface area contributed by atoms with Gasteiger partial charge in [0.2, 0.25) is 15.9 Å². The zero-order valence-corrected chi connectivity index (χ0v) is 23.0. The van der Waals surface area contributed by atoms with E-state index >= 15 is 0 Å². The van der Waals surface area contributed by atoms with Crippen molar-refractivity contribution >= 4 is 21.6 Å². The number of benzene rings is 1. The van der Waals surface area contributed by atoms with E-state index < -0.39 is 43.0 Å². The maximum atomic E-state index is 13.2. The third-order valence-electron chi connectivity index (χ3n) is 5.70. The van der Waals surface area contributed by atoms with Crippen molar-refractivity contribution in [2.24, 2.45) is 0 Å². The van der Waals surface area contributed by atoms with Gasteiger partial charge in [-0.2, -0.15) is 5.10 Å².